The van der Waals surface area contributed by atoms with Crippen LogP contribution in [-0.4, -0.2) is 28.4 Å². The van der Waals surface area contributed by atoms with E-state index in [1.54, 1.807) is 13.3 Å². The Balaban J connectivity index is 1.93. The van der Waals surface area contributed by atoms with Gasteiger partial charge in [-0.3, -0.25) is 4.98 Å². The quantitative estimate of drug-likeness (QED) is 0.224. The number of fused-ring (bicyclic) bond motifs is 1. The molecule has 0 amide bonds. The van der Waals surface area contributed by atoms with Crippen molar-refractivity contribution >= 4 is 26.8 Å². The molecule has 0 aliphatic heterocycles. The molecule has 2 heterocycles. The normalized spacial score (nSPS) is 12.8. The summed E-state index contributed by atoms with van der Waals surface area (Å²) in [5.74, 6) is 0.711. The van der Waals surface area contributed by atoms with E-state index in [4.69, 9.17) is 14.5 Å². The van der Waals surface area contributed by atoms with Gasteiger partial charge in [0.15, 0.2) is 0 Å². The van der Waals surface area contributed by atoms with Crippen LogP contribution in [0.4, 0.5) is 0 Å². The van der Waals surface area contributed by atoms with Crippen molar-refractivity contribution in [3.63, 3.8) is 0 Å². The fourth-order valence-electron chi connectivity index (χ4n) is 4.65. The van der Waals surface area contributed by atoms with Gasteiger partial charge in [-0.25, -0.2) is 0 Å². The summed E-state index contributed by atoms with van der Waals surface area (Å²) in [6.45, 7) is 9.73. The van der Waals surface area contributed by atoms with Crippen molar-refractivity contribution in [3.05, 3.63) is 82.1 Å². The summed E-state index contributed by atoms with van der Waals surface area (Å²) in [5, 5.41) is 11.3. The van der Waals surface area contributed by atoms with Gasteiger partial charge >= 0.3 is 0 Å². The molecule has 0 spiro atoms. The van der Waals surface area contributed by atoms with E-state index in [0.717, 1.165) is 39.0 Å². The Hall–Kier alpha value is -2.67. The van der Waals surface area contributed by atoms with Crippen LogP contribution >= 0.6 is 15.9 Å². The Morgan fingerprint density at radius 1 is 1.11 bits per heavy atom. The third kappa shape index (κ3) is 5.51. The predicted molar refractivity (Wildman–Crippen MR) is 149 cm³/mol. The third-order valence-corrected chi connectivity index (χ3v) is 7.16. The number of rotatable bonds is 10. The molecule has 2 aromatic heterocycles. The minimum Gasteiger partial charge on any atom is -0.487 e. The molecule has 0 unspecified atom stereocenters. The first-order valence-electron chi connectivity index (χ1n) is 12.4. The molecule has 0 fully saturated rings. The summed E-state index contributed by atoms with van der Waals surface area (Å²) in [6, 6.07) is 18.6. The molecule has 0 saturated heterocycles. The molecule has 0 saturated carbocycles. The first-order chi connectivity index (χ1) is 17.3. The number of ether oxygens (including phenoxy) is 2. The van der Waals surface area contributed by atoms with E-state index in [1.807, 2.05) is 25.1 Å². The zero-order chi connectivity index (χ0) is 25.9. The molecule has 36 heavy (non-hydrogen) atoms. The van der Waals surface area contributed by atoms with Gasteiger partial charge in [0.1, 0.15) is 12.4 Å². The first-order valence-corrected chi connectivity index (χ1v) is 13.2. The number of methoxy groups -OCH3 is 1. The number of nitrogens with zero attached hydrogens (tertiary/aromatic N) is 2. The van der Waals surface area contributed by atoms with Gasteiger partial charge in [0.05, 0.1) is 23.7 Å². The average Bonchev–Trinajstić information content (AvgIpc) is 3.19. The van der Waals surface area contributed by atoms with Gasteiger partial charge in [-0.1, -0.05) is 60.1 Å². The molecular weight excluding hydrogens is 516 g/mol. The Labute approximate surface area is 222 Å². The standard InChI is InChI=1S/C30H35BrN2O3/c1-6-33-27-13-12-22(31)14-24(27)26(16-30(3,4)19-34)29(33)25-15-23(17-32-28(25)20(2)35-5)36-18-21-10-8-7-9-11-21/h7-15,17,20,34H,6,16,18-19H2,1-5H3/t20-/m0/s1. The van der Waals surface area contributed by atoms with Crippen LogP contribution in [0, 0.1) is 5.41 Å². The Bertz CT molecular complexity index is 1330. The highest BCUT2D eigenvalue weighted by Gasteiger charge is 2.28. The molecule has 4 aromatic rings. The topological polar surface area (TPSA) is 56.5 Å². The fraction of sp³-hybridized carbons (Fsp3) is 0.367. The molecule has 0 aliphatic carbocycles. The Morgan fingerprint density at radius 3 is 2.53 bits per heavy atom. The lowest BCUT2D eigenvalue weighted by Crippen LogP contribution is -2.20. The smallest absolute Gasteiger partial charge is 0.138 e. The van der Waals surface area contributed by atoms with Crippen LogP contribution < -0.4 is 4.74 Å². The molecule has 190 valence electrons. The molecule has 2 aromatic carbocycles. The number of aliphatic hydroxyl groups is 1. The van der Waals surface area contributed by atoms with Crippen molar-refractivity contribution < 1.29 is 14.6 Å². The number of aromatic nitrogens is 2. The van der Waals surface area contributed by atoms with Gasteiger partial charge < -0.3 is 19.1 Å². The highest BCUT2D eigenvalue weighted by atomic mass is 79.9. The maximum absolute atomic E-state index is 10.1. The van der Waals surface area contributed by atoms with E-state index < -0.39 is 0 Å². The molecule has 0 aliphatic rings. The van der Waals surface area contributed by atoms with Crippen molar-refractivity contribution in [2.75, 3.05) is 13.7 Å². The van der Waals surface area contributed by atoms with Crippen molar-refractivity contribution in [1.29, 1.82) is 0 Å². The summed E-state index contributed by atoms with van der Waals surface area (Å²) in [7, 11) is 1.71. The number of hydrogen-bond acceptors (Lipinski definition) is 4. The number of pyridine rings is 1. The van der Waals surface area contributed by atoms with Gasteiger partial charge in [0.25, 0.3) is 0 Å². The van der Waals surface area contributed by atoms with Crippen LogP contribution in [0.25, 0.3) is 22.2 Å². The minimum absolute atomic E-state index is 0.0963. The first kappa shape index (κ1) is 26.4. The maximum Gasteiger partial charge on any atom is 0.138 e. The van der Waals surface area contributed by atoms with Crippen LogP contribution in [0.2, 0.25) is 0 Å². The van der Waals surface area contributed by atoms with E-state index >= 15 is 0 Å². The second-order valence-corrected chi connectivity index (χ2v) is 10.9. The summed E-state index contributed by atoms with van der Waals surface area (Å²) in [5.41, 5.74) is 6.13. The van der Waals surface area contributed by atoms with E-state index in [9.17, 15) is 5.11 Å². The van der Waals surface area contributed by atoms with E-state index in [2.05, 4.69) is 77.7 Å². The molecule has 0 bridgehead atoms. The van der Waals surface area contributed by atoms with Gasteiger partial charge in [-0.05, 0) is 61.1 Å². The van der Waals surface area contributed by atoms with Crippen molar-refractivity contribution in [2.24, 2.45) is 5.41 Å². The van der Waals surface area contributed by atoms with Crippen molar-refractivity contribution in [3.8, 4) is 17.0 Å². The lowest BCUT2D eigenvalue weighted by Gasteiger charge is -2.24. The zero-order valence-electron chi connectivity index (χ0n) is 21.7. The van der Waals surface area contributed by atoms with Crippen LogP contribution in [0.3, 0.4) is 0 Å². The molecule has 5 nitrogen and oxygen atoms in total. The molecule has 1 N–H and O–H groups in total. The largest absolute Gasteiger partial charge is 0.487 e. The highest BCUT2D eigenvalue weighted by Crippen LogP contribution is 2.42. The van der Waals surface area contributed by atoms with Crippen LogP contribution in [0.1, 0.15) is 50.6 Å². The number of aliphatic hydroxyl groups excluding tert-OH is 1. The van der Waals surface area contributed by atoms with Gasteiger partial charge in [0, 0.05) is 41.2 Å². The van der Waals surface area contributed by atoms with Crippen molar-refractivity contribution in [1.82, 2.24) is 9.55 Å². The van der Waals surface area contributed by atoms with Crippen LogP contribution in [-0.2, 0) is 24.3 Å². The number of benzene rings is 2. The summed E-state index contributed by atoms with van der Waals surface area (Å²) in [6.07, 6.45) is 2.30. The Kier molecular flexibility index (Phi) is 8.18. The predicted octanol–water partition coefficient (Wildman–Crippen LogP) is 7.33. The second-order valence-electron chi connectivity index (χ2n) is 9.99. The lowest BCUT2D eigenvalue weighted by atomic mass is 9.84. The van der Waals surface area contributed by atoms with Crippen molar-refractivity contribution in [2.45, 2.75) is 53.4 Å². The van der Waals surface area contributed by atoms with Gasteiger partial charge in [0.2, 0.25) is 0 Å². The summed E-state index contributed by atoms with van der Waals surface area (Å²) >= 11 is 3.67. The molecule has 1 atom stereocenters. The maximum atomic E-state index is 10.1. The molecule has 4 rings (SSSR count). The number of aryl methyl sites for hydroxylation is 1. The van der Waals surface area contributed by atoms with E-state index in [-0.39, 0.29) is 18.1 Å². The van der Waals surface area contributed by atoms with Crippen LogP contribution in [0.15, 0.2) is 65.3 Å². The fourth-order valence-corrected chi connectivity index (χ4v) is 5.01. The lowest BCUT2D eigenvalue weighted by molar-refractivity contribution is 0.116. The van der Waals surface area contributed by atoms with E-state index in [1.165, 1.54) is 10.9 Å². The van der Waals surface area contributed by atoms with Gasteiger partial charge in [-0.15, -0.1) is 0 Å². The summed E-state index contributed by atoms with van der Waals surface area (Å²) < 4.78 is 15.3. The average molecular weight is 552 g/mol. The number of halogens is 1. The molecular formula is C30H35BrN2O3. The zero-order valence-corrected chi connectivity index (χ0v) is 23.3. The Morgan fingerprint density at radius 2 is 1.86 bits per heavy atom. The number of hydrogen-bond donors (Lipinski definition) is 1. The highest BCUT2D eigenvalue weighted by molar-refractivity contribution is 9.10. The van der Waals surface area contributed by atoms with E-state index in [0.29, 0.717) is 18.8 Å². The second kappa shape index (κ2) is 11.2. The minimum atomic E-state index is -0.286. The molecule has 6 heteroatoms. The molecule has 0 radical (unpaired) electrons. The monoisotopic (exact) mass is 550 g/mol. The SMILES string of the molecule is CCn1c(-c2cc(OCc3ccccc3)cnc2[C@H](C)OC)c(CC(C)(C)CO)c2cc(Br)ccc21. The third-order valence-electron chi connectivity index (χ3n) is 6.67. The summed E-state index contributed by atoms with van der Waals surface area (Å²) in [4.78, 5) is 4.84. The van der Waals surface area contributed by atoms with Crippen LogP contribution in [0.5, 0.6) is 5.75 Å². The van der Waals surface area contributed by atoms with Gasteiger partial charge in [-0.2, -0.15) is 0 Å².